The molecule has 108 valence electrons. The number of ether oxygens (including phenoxy) is 1. The number of benzene rings is 2. The second-order valence-corrected chi connectivity index (χ2v) is 4.22. The van der Waals surface area contributed by atoms with Crippen molar-refractivity contribution in [2.75, 3.05) is 5.32 Å². The molecule has 0 atom stereocenters. The maximum atomic E-state index is 11.6. The van der Waals surface area contributed by atoms with Gasteiger partial charge in [-0.05, 0) is 23.8 Å². The zero-order chi connectivity index (χ0) is 15.2. The Bertz CT molecular complexity index is 654. The molecule has 21 heavy (non-hydrogen) atoms. The van der Waals surface area contributed by atoms with Crippen LogP contribution in [0.15, 0.2) is 48.5 Å². The first kappa shape index (κ1) is 14.4. The van der Waals surface area contributed by atoms with Gasteiger partial charge in [0.15, 0.2) is 0 Å². The number of anilines is 1. The van der Waals surface area contributed by atoms with Crippen molar-refractivity contribution in [2.45, 2.75) is 6.61 Å². The summed E-state index contributed by atoms with van der Waals surface area (Å²) >= 11 is 0. The fourth-order valence-corrected chi connectivity index (χ4v) is 1.66. The lowest BCUT2D eigenvalue weighted by molar-refractivity contribution is 0.0693. The number of carbonyl (C=O) groups is 2. The van der Waals surface area contributed by atoms with Crippen molar-refractivity contribution in [1.82, 2.24) is 0 Å². The zero-order valence-corrected chi connectivity index (χ0v) is 10.9. The highest BCUT2D eigenvalue weighted by Crippen LogP contribution is 2.21. The molecule has 0 unspecified atom stereocenters. The summed E-state index contributed by atoms with van der Waals surface area (Å²) in [5.41, 5.74) is 0.767. The van der Waals surface area contributed by atoms with E-state index in [1.165, 1.54) is 12.1 Å². The number of carboxylic acid groups (broad SMARTS) is 1. The van der Waals surface area contributed by atoms with E-state index in [9.17, 15) is 14.7 Å². The van der Waals surface area contributed by atoms with Gasteiger partial charge in [-0.2, -0.15) is 0 Å². The third-order valence-electron chi connectivity index (χ3n) is 2.69. The zero-order valence-electron chi connectivity index (χ0n) is 10.9. The van der Waals surface area contributed by atoms with Gasteiger partial charge < -0.3 is 14.9 Å². The highest BCUT2D eigenvalue weighted by Gasteiger charge is 2.11. The van der Waals surface area contributed by atoms with Crippen LogP contribution in [0.1, 0.15) is 15.9 Å². The molecule has 0 aromatic heterocycles. The predicted molar refractivity (Wildman–Crippen MR) is 75.3 cm³/mol. The van der Waals surface area contributed by atoms with E-state index in [1.807, 2.05) is 30.3 Å². The number of nitrogens with one attached hydrogen (secondary N) is 1. The summed E-state index contributed by atoms with van der Waals surface area (Å²) in [6.07, 6.45) is -0.708. The van der Waals surface area contributed by atoms with E-state index in [0.717, 1.165) is 11.6 Å². The fourth-order valence-electron chi connectivity index (χ4n) is 1.66. The molecule has 0 saturated carbocycles. The summed E-state index contributed by atoms with van der Waals surface area (Å²) in [5.74, 6) is -1.65. The average molecular weight is 287 g/mol. The van der Waals surface area contributed by atoms with E-state index in [-0.39, 0.29) is 23.6 Å². The Morgan fingerprint density at radius 1 is 1.10 bits per heavy atom. The molecular weight excluding hydrogens is 274 g/mol. The average Bonchev–Trinajstić information content (AvgIpc) is 2.48. The first-order valence-electron chi connectivity index (χ1n) is 6.10. The van der Waals surface area contributed by atoms with Crippen LogP contribution in [0.2, 0.25) is 0 Å². The summed E-state index contributed by atoms with van der Waals surface area (Å²) in [4.78, 5) is 22.5. The summed E-state index contributed by atoms with van der Waals surface area (Å²) in [7, 11) is 0. The first-order chi connectivity index (χ1) is 10.1. The normalized spacial score (nSPS) is 9.90. The summed E-state index contributed by atoms with van der Waals surface area (Å²) < 4.78 is 5.00. The Labute approximate surface area is 120 Å². The molecule has 6 heteroatoms. The van der Waals surface area contributed by atoms with Gasteiger partial charge in [0.1, 0.15) is 17.9 Å². The number of hydrogen-bond donors (Lipinski definition) is 3. The quantitative estimate of drug-likeness (QED) is 0.751. The van der Waals surface area contributed by atoms with Gasteiger partial charge in [-0.1, -0.05) is 30.3 Å². The Morgan fingerprint density at radius 3 is 2.48 bits per heavy atom. The Balaban J connectivity index is 1.97. The maximum Gasteiger partial charge on any atom is 0.411 e. The van der Waals surface area contributed by atoms with Crippen LogP contribution in [0, 0.1) is 0 Å². The van der Waals surface area contributed by atoms with Crippen LogP contribution in [0.5, 0.6) is 5.75 Å². The molecule has 0 aliphatic rings. The molecule has 0 bridgehead atoms. The summed E-state index contributed by atoms with van der Waals surface area (Å²) in [5, 5.41) is 20.6. The van der Waals surface area contributed by atoms with Crippen molar-refractivity contribution in [2.24, 2.45) is 0 Å². The van der Waals surface area contributed by atoms with E-state index in [1.54, 1.807) is 0 Å². The largest absolute Gasteiger partial charge is 0.507 e. The lowest BCUT2D eigenvalue weighted by atomic mass is 10.2. The molecule has 3 N–H and O–H groups in total. The van der Waals surface area contributed by atoms with Crippen LogP contribution in [0.4, 0.5) is 10.5 Å². The lowest BCUT2D eigenvalue weighted by Gasteiger charge is -2.08. The molecule has 0 aliphatic heterocycles. The number of carboxylic acids is 1. The monoisotopic (exact) mass is 287 g/mol. The van der Waals surface area contributed by atoms with Crippen LogP contribution in [-0.2, 0) is 11.3 Å². The van der Waals surface area contributed by atoms with Gasteiger partial charge in [0.2, 0.25) is 0 Å². The van der Waals surface area contributed by atoms with Gasteiger partial charge in [0.25, 0.3) is 0 Å². The summed E-state index contributed by atoms with van der Waals surface area (Å²) in [6.45, 7) is 0.108. The Morgan fingerprint density at radius 2 is 1.81 bits per heavy atom. The van der Waals surface area contributed by atoms with E-state index in [2.05, 4.69) is 5.32 Å². The van der Waals surface area contributed by atoms with Crippen LogP contribution in [0.3, 0.4) is 0 Å². The predicted octanol–water partition coefficient (Wildman–Crippen LogP) is 2.84. The Hall–Kier alpha value is -3.02. The minimum atomic E-state index is -1.28. The Kier molecular flexibility index (Phi) is 4.40. The highest BCUT2D eigenvalue weighted by atomic mass is 16.5. The van der Waals surface area contributed by atoms with Crippen LogP contribution in [-0.4, -0.2) is 22.3 Å². The number of amides is 1. The third-order valence-corrected chi connectivity index (χ3v) is 2.69. The van der Waals surface area contributed by atoms with Crippen molar-refractivity contribution >= 4 is 17.7 Å². The molecule has 1 amide bonds. The lowest BCUT2D eigenvalue weighted by Crippen LogP contribution is -2.14. The van der Waals surface area contributed by atoms with Gasteiger partial charge in [-0.15, -0.1) is 0 Å². The van der Waals surface area contributed by atoms with Crippen LogP contribution >= 0.6 is 0 Å². The van der Waals surface area contributed by atoms with Crippen molar-refractivity contribution in [1.29, 1.82) is 0 Å². The van der Waals surface area contributed by atoms with Crippen LogP contribution < -0.4 is 5.32 Å². The topological polar surface area (TPSA) is 95.9 Å². The van der Waals surface area contributed by atoms with Gasteiger partial charge in [-0.25, -0.2) is 9.59 Å². The molecular formula is C15H13NO5. The van der Waals surface area contributed by atoms with Gasteiger partial charge >= 0.3 is 12.1 Å². The molecule has 0 fully saturated rings. The minimum Gasteiger partial charge on any atom is -0.507 e. The van der Waals surface area contributed by atoms with Gasteiger partial charge in [-0.3, -0.25) is 5.32 Å². The number of rotatable bonds is 4. The van der Waals surface area contributed by atoms with Crippen molar-refractivity contribution in [3.8, 4) is 5.75 Å². The molecule has 0 aliphatic carbocycles. The highest BCUT2D eigenvalue weighted by molar-refractivity contribution is 5.93. The number of carbonyl (C=O) groups excluding carboxylic acids is 1. The number of aromatic carboxylic acids is 1. The molecule has 0 spiro atoms. The number of hydrogen-bond acceptors (Lipinski definition) is 4. The molecule has 2 aromatic rings. The van der Waals surface area contributed by atoms with Gasteiger partial charge in [0.05, 0.1) is 0 Å². The molecule has 6 nitrogen and oxygen atoms in total. The molecule has 2 aromatic carbocycles. The maximum absolute atomic E-state index is 11.6. The van der Waals surface area contributed by atoms with E-state index in [4.69, 9.17) is 9.84 Å². The number of aromatic hydroxyl groups is 1. The third kappa shape index (κ3) is 3.97. The number of phenols is 1. The first-order valence-corrected chi connectivity index (χ1v) is 6.10. The molecule has 0 radical (unpaired) electrons. The standard InChI is InChI=1S/C15H13NO5/c17-13-7-6-11(8-12(13)14(18)19)16-15(20)21-9-10-4-2-1-3-5-10/h1-8,17H,9H2,(H,16,20)(H,18,19). The smallest absolute Gasteiger partial charge is 0.411 e. The second-order valence-electron chi connectivity index (χ2n) is 4.22. The van der Waals surface area contributed by atoms with Crippen LogP contribution in [0.25, 0.3) is 0 Å². The summed E-state index contributed by atoms with van der Waals surface area (Å²) in [6, 6.07) is 12.9. The second kappa shape index (κ2) is 6.42. The van der Waals surface area contributed by atoms with E-state index in [0.29, 0.717) is 0 Å². The minimum absolute atomic E-state index is 0.108. The molecule has 0 saturated heterocycles. The fraction of sp³-hybridized carbons (Fsp3) is 0.0667. The SMILES string of the molecule is O=C(Nc1ccc(O)c(C(=O)O)c1)OCc1ccccc1. The van der Waals surface area contributed by atoms with E-state index >= 15 is 0 Å². The molecule has 2 rings (SSSR count). The molecule has 0 heterocycles. The van der Waals surface area contributed by atoms with Crippen molar-refractivity contribution < 1.29 is 24.5 Å². The van der Waals surface area contributed by atoms with Gasteiger partial charge in [0, 0.05) is 5.69 Å². The van der Waals surface area contributed by atoms with Crippen molar-refractivity contribution in [3.05, 3.63) is 59.7 Å². The van der Waals surface area contributed by atoms with E-state index < -0.39 is 12.1 Å². The van der Waals surface area contributed by atoms with Crippen molar-refractivity contribution in [3.63, 3.8) is 0 Å².